The van der Waals surface area contributed by atoms with Gasteiger partial charge in [-0.05, 0) is 92.8 Å². The molecule has 5 N–H and O–H groups in total. The van der Waals surface area contributed by atoms with Crippen molar-refractivity contribution in [3.05, 3.63) is 59.7 Å². The fourth-order valence-electron chi connectivity index (χ4n) is 6.89. The van der Waals surface area contributed by atoms with E-state index >= 15 is 0 Å². The zero-order valence-electron chi connectivity index (χ0n) is 31.9. The molecule has 14 heteroatoms. The van der Waals surface area contributed by atoms with Gasteiger partial charge in [-0.15, -0.1) is 12.4 Å². The van der Waals surface area contributed by atoms with Crippen LogP contribution in [-0.4, -0.2) is 98.5 Å². The van der Waals surface area contributed by atoms with Crippen LogP contribution in [-0.2, 0) is 36.8 Å². The van der Waals surface area contributed by atoms with Crippen molar-refractivity contribution in [2.75, 3.05) is 39.9 Å². The summed E-state index contributed by atoms with van der Waals surface area (Å²) in [5.41, 5.74) is 1.54. The van der Waals surface area contributed by atoms with E-state index in [4.69, 9.17) is 9.47 Å². The number of piperidine rings is 1. The van der Waals surface area contributed by atoms with Gasteiger partial charge in [-0.2, -0.15) is 0 Å². The van der Waals surface area contributed by atoms with Crippen molar-refractivity contribution in [1.82, 2.24) is 31.5 Å². The van der Waals surface area contributed by atoms with Gasteiger partial charge in [0.2, 0.25) is 29.5 Å². The lowest BCUT2D eigenvalue weighted by molar-refractivity contribution is -0.140. The zero-order chi connectivity index (χ0) is 37.9. The second kappa shape index (κ2) is 20.4. The van der Waals surface area contributed by atoms with Crippen molar-refractivity contribution in [1.29, 1.82) is 0 Å². The van der Waals surface area contributed by atoms with E-state index in [1.807, 2.05) is 24.3 Å². The first-order chi connectivity index (χ1) is 25.5. The Bertz CT molecular complexity index is 1560. The van der Waals surface area contributed by atoms with E-state index in [1.54, 1.807) is 38.3 Å². The molecule has 13 nitrogen and oxygen atoms in total. The topological polar surface area (TPSA) is 167 Å². The Balaban J connectivity index is 0.00000650. The minimum Gasteiger partial charge on any atom is -0.497 e. The number of fused-ring (bicyclic) bond motifs is 17. The van der Waals surface area contributed by atoms with Crippen LogP contribution in [0.1, 0.15) is 64.0 Å². The molecule has 2 fully saturated rings. The lowest BCUT2D eigenvalue weighted by atomic mass is 9.97. The number of nitrogens with one attached hydrogen (secondary N) is 5. The highest BCUT2D eigenvalue weighted by Gasteiger charge is 2.34. The molecule has 4 aliphatic rings. The second-order valence-electron chi connectivity index (χ2n) is 15.2. The molecule has 5 amide bonds. The normalized spacial score (nSPS) is 24.7. The Morgan fingerprint density at radius 1 is 0.963 bits per heavy atom. The smallest absolute Gasteiger partial charge is 0.245 e. The first-order valence-electron chi connectivity index (χ1n) is 19.0. The average Bonchev–Trinajstić information content (AvgIpc) is 3.97. The van der Waals surface area contributed by atoms with Crippen LogP contribution in [0.4, 0.5) is 0 Å². The third-order valence-corrected chi connectivity index (χ3v) is 10.0. The SMILES string of the molecule is COc1ccc(C[C@@H]2NC(=O)[C@@H](NC(=O)[C@@H]3CCCNC3)Cc3ccc(cc3)OC[C@H](CC(C)C)NC(=O)CN(CC3CC3)C(=O)[C@@H](C)NC2=O)cc1.Cl. The predicted octanol–water partition coefficient (Wildman–Crippen LogP) is 2.54. The number of methoxy groups -OCH3 is 1. The second-order valence-corrected chi connectivity index (χ2v) is 15.2. The van der Waals surface area contributed by atoms with Gasteiger partial charge in [0.15, 0.2) is 0 Å². The number of hydrogen-bond donors (Lipinski definition) is 5. The highest BCUT2D eigenvalue weighted by Crippen LogP contribution is 2.30. The standard InChI is InChI=1S/C40H56N6O7.ClH/c1-25(2)18-31-24-53-33-15-11-28(12-16-33)20-35(44-37(48)30-6-5-17-41-21-30)39(50)45-34(19-27-9-13-32(52-4)14-10-27)38(49)42-26(3)40(51)46(22-29-7-8-29)23-36(47)43-31;/h9-16,25-26,29-31,34-35,41H,5-8,17-24H2,1-4H3,(H,42,49)(H,43,47)(H,44,48)(H,45,50);1H/t26-,30-,31+,34+,35+;/m1./s1. The van der Waals surface area contributed by atoms with E-state index in [9.17, 15) is 24.0 Å². The summed E-state index contributed by atoms with van der Waals surface area (Å²) in [4.78, 5) is 70.5. The van der Waals surface area contributed by atoms with Crippen LogP contribution in [0.25, 0.3) is 0 Å². The Labute approximate surface area is 324 Å². The summed E-state index contributed by atoms with van der Waals surface area (Å²) < 4.78 is 11.4. The molecule has 1 saturated carbocycles. The van der Waals surface area contributed by atoms with Crippen LogP contribution in [0.15, 0.2) is 48.5 Å². The summed E-state index contributed by atoms with van der Waals surface area (Å²) >= 11 is 0. The van der Waals surface area contributed by atoms with Gasteiger partial charge in [0, 0.05) is 25.9 Å². The molecule has 0 unspecified atom stereocenters. The number of nitrogens with zero attached hydrogens (tertiary/aromatic N) is 1. The van der Waals surface area contributed by atoms with E-state index in [-0.39, 0.29) is 74.0 Å². The summed E-state index contributed by atoms with van der Waals surface area (Å²) in [6.45, 7) is 7.60. The van der Waals surface area contributed by atoms with Crippen LogP contribution in [0.3, 0.4) is 0 Å². The van der Waals surface area contributed by atoms with Crippen molar-refractivity contribution in [3.8, 4) is 11.5 Å². The third kappa shape index (κ3) is 12.9. The van der Waals surface area contributed by atoms with Gasteiger partial charge in [0.25, 0.3) is 0 Å². The number of carbonyl (C=O) groups is 5. The Morgan fingerprint density at radius 3 is 2.31 bits per heavy atom. The van der Waals surface area contributed by atoms with Crippen LogP contribution >= 0.6 is 12.4 Å². The fraction of sp³-hybridized carbons (Fsp3) is 0.575. The number of carbonyl (C=O) groups excluding carboxylic acids is 5. The van der Waals surface area contributed by atoms with Crippen molar-refractivity contribution in [3.63, 3.8) is 0 Å². The zero-order valence-corrected chi connectivity index (χ0v) is 32.7. The summed E-state index contributed by atoms with van der Waals surface area (Å²) in [6, 6.07) is 11.1. The number of halogens is 1. The van der Waals surface area contributed by atoms with E-state index in [0.29, 0.717) is 43.3 Å². The molecule has 54 heavy (non-hydrogen) atoms. The van der Waals surface area contributed by atoms with Crippen LogP contribution in [0.2, 0.25) is 0 Å². The molecule has 3 aliphatic heterocycles. The van der Waals surface area contributed by atoms with E-state index in [2.05, 4.69) is 40.4 Å². The molecule has 0 radical (unpaired) electrons. The molecule has 6 rings (SSSR count). The maximum absolute atomic E-state index is 14.2. The molecule has 2 aromatic rings. The molecule has 0 spiro atoms. The van der Waals surface area contributed by atoms with Crippen LogP contribution in [0, 0.1) is 17.8 Å². The molecule has 5 atom stereocenters. The van der Waals surface area contributed by atoms with Crippen molar-refractivity contribution in [2.24, 2.45) is 17.8 Å². The van der Waals surface area contributed by atoms with Crippen molar-refractivity contribution < 1.29 is 33.4 Å². The number of ether oxygens (including phenoxy) is 2. The van der Waals surface area contributed by atoms with Crippen molar-refractivity contribution >= 4 is 41.9 Å². The minimum absolute atomic E-state index is 0. The quantitative estimate of drug-likeness (QED) is 0.243. The summed E-state index contributed by atoms with van der Waals surface area (Å²) in [6.07, 6.45) is 4.48. The molecule has 0 aromatic heterocycles. The van der Waals surface area contributed by atoms with Gasteiger partial charge in [-0.3, -0.25) is 24.0 Å². The largest absolute Gasteiger partial charge is 0.497 e. The number of amides is 5. The maximum atomic E-state index is 14.2. The van der Waals surface area contributed by atoms with Crippen LogP contribution in [0.5, 0.6) is 11.5 Å². The van der Waals surface area contributed by atoms with Gasteiger partial charge in [-0.25, -0.2) is 0 Å². The highest BCUT2D eigenvalue weighted by atomic mass is 35.5. The number of rotatable bonds is 9. The molecular weight excluding hydrogens is 712 g/mol. The van der Waals surface area contributed by atoms with Gasteiger partial charge in [0.1, 0.15) is 36.2 Å². The van der Waals surface area contributed by atoms with Gasteiger partial charge < -0.3 is 41.0 Å². The molecule has 1 aliphatic carbocycles. The lowest BCUT2D eigenvalue weighted by Gasteiger charge is -2.29. The Hall–Kier alpha value is -4.36. The molecule has 296 valence electrons. The monoisotopic (exact) mass is 768 g/mol. The van der Waals surface area contributed by atoms with Gasteiger partial charge in [0.05, 0.1) is 25.6 Å². The molecule has 2 bridgehead atoms. The maximum Gasteiger partial charge on any atom is 0.245 e. The predicted molar refractivity (Wildman–Crippen MR) is 207 cm³/mol. The number of benzene rings is 2. The van der Waals surface area contributed by atoms with E-state index < -0.39 is 29.9 Å². The summed E-state index contributed by atoms with van der Waals surface area (Å²) in [5.74, 6) is -0.433. The fourth-order valence-corrected chi connectivity index (χ4v) is 6.89. The molecule has 3 heterocycles. The average molecular weight is 769 g/mol. The summed E-state index contributed by atoms with van der Waals surface area (Å²) in [5, 5.41) is 15.0. The molecule has 1 saturated heterocycles. The summed E-state index contributed by atoms with van der Waals surface area (Å²) in [7, 11) is 1.56. The van der Waals surface area contributed by atoms with E-state index in [0.717, 1.165) is 36.9 Å². The van der Waals surface area contributed by atoms with Gasteiger partial charge >= 0.3 is 0 Å². The van der Waals surface area contributed by atoms with E-state index in [1.165, 1.54) is 4.90 Å². The highest BCUT2D eigenvalue weighted by molar-refractivity contribution is 5.95. The lowest BCUT2D eigenvalue weighted by Crippen LogP contribution is -2.58. The first kappa shape index (κ1) is 42.4. The first-order valence-corrected chi connectivity index (χ1v) is 19.0. The third-order valence-electron chi connectivity index (χ3n) is 10.0. The Morgan fingerprint density at radius 2 is 1.69 bits per heavy atom. The Kier molecular flexibility index (Phi) is 16.0. The van der Waals surface area contributed by atoms with Crippen molar-refractivity contribution in [2.45, 2.75) is 89.9 Å². The number of hydrogen-bond acceptors (Lipinski definition) is 8. The minimum atomic E-state index is -1.08. The van der Waals surface area contributed by atoms with Crippen LogP contribution < -0.4 is 36.1 Å². The molecular formula is C40H57ClN6O7. The molecule has 2 aromatic carbocycles. The van der Waals surface area contributed by atoms with Gasteiger partial charge in [-0.1, -0.05) is 38.1 Å².